The highest BCUT2D eigenvalue weighted by atomic mass is 16.3. The molecule has 0 spiro atoms. The molecule has 0 radical (unpaired) electrons. The molecule has 1 N–H and O–H groups in total. The van der Waals surface area contributed by atoms with Crippen molar-refractivity contribution < 1.29 is 5.11 Å². The molecule has 1 aliphatic rings. The second-order valence-electron chi connectivity index (χ2n) is 6.38. The molecule has 2 aromatic heterocycles. The number of hydrogen-bond donors (Lipinski definition) is 1. The van der Waals surface area contributed by atoms with Crippen molar-refractivity contribution >= 4 is 11.9 Å². The van der Waals surface area contributed by atoms with Gasteiger partial charge in [0.05, 0.1) is 0 Å². The normalized spacial score (nSPS) is 15.3. The molecule has 1 saturated heterocycles. The highest BCUT2D eigenvalue weighted by Gasteiger charge is 2.17. The molecule has 3 rings (SSSR count). The number of hydrogen-bond acceptors (Lipinski definition) is 5. The summed E-state index contributed by atoms with van der Waals surface area (Å²) >= 11 is 0. The Balaban J connectivity index is 1.37. The number of rotatable bonds is 7. The summed E-state index contributed by atoms with van der Waals surface area (Å²) in [6, 6.07) is 9.69. The van der Waals surface area contributed by atoms with Crippen molar-refractivity contribution in [1.82, 2.24) is 14.9 Å². The molecule has 5 heteroatoms. The third kappa shape index (κ3) is 4.79. The van der Waals surface area contributed by atoms with Gasteiger partial charge in [-0.15, -0.1) is 0 Å². The van der Waals surface area contributed by atoms with Crippen molar-refractivity contribution in [3.8, 4) is 5.75 Å². The topological polar surface area (TPSA) is 52.5 Å². The van der Waals surface area contributed by atoms with Crippen molar-refractivity contribution in [3.63, 3.8) is 0 Å². The van der Waals surface area contributed by atoms with Gasteiger partial charge >= 0.3 is 0 Å². The van der Waals surface area contributed by atoms with E-state index in [0.717, 1.165) is 63.5 Å². The van der Waals surface area contributed by atoms with Gasteiger partial charge in [0, 0.05) is 38.1 Å². The lowest BCUT2D eigenvalue weighted by Crippen LogP contribution is -2.46. The second kappa shape index (κ2) is 8.62. The summed E-state index contributed by atoms with van der Waals surface area (Å²) in [4.78, 5) is 13.7. The molecule has 0 aromatic carbocycles. The third-order valence-electron chi connectivity index (χ3n) is 4.66. The number of nitrogens with zero attached hydrogens (tertiary/aromatic N) is 4. The van der Waals surface area contributed by atoms with Crippen LogP contribution in [0.3, 0.4) is 0 Å². The summed E-state index contributed by atoms with van der Waals surface area (Å²) in [5, 5.41) is 9.63. The molecule has 3 heterocycles. The number of anilines is 1. The van der Waals surface area contributed by atoms with Gasteiger partial charge in [0.1, 0.15) is 17.3 Å². The molecular weight excluding hydrogens is 312 g/mol. The van der Waals surface area contributed by atoms with E-state index in [4.69, 9.17) is 0 Å². The van der Waals surface area contributed by atoms with Gasteiger partial charge in [-0.3, -0.25) is 4.90 Å². The molecule has 0 aliphatic carbocycles. The van der Waals surface area contributed by atoms with Gasteiger partial charge in [-0.05, 0) is 56.1 Å². The van der Waals surface area contributed by atoms with E-state index in [2.05, 4.69) is 32.4 Å². The van der Waals surface area contributed by atoms with E-state index in [1.54, 1.807) is 12.1 Å². The van der Waals surface area contributed by atoms with Gasteiger partial charge in [-0.2, -0.15) is 0 Å². The summed E-state index contributed by atoms with van der Waals surface area (Å²) in [6.45, 7) is 9.07. The van der Waals surface area contributed by atoms with E-state index in [-0.39, 0.29) is 5.75 Å². The number of aromatic hydroxyl groups is 1. The number of unbranched alkanes of at least 4 members (excludes halogenated alkanes) is 1. The Morgan fingerprint density at radius 2 is 1.92 bits per heavy atom. The summed E-state index contributed by atoms with van der Waals surface area (Å²) in [5.41, 5.74) is 1.59. The Labute approximate surface area is 149 Å². The van der Waals surface area contributed by atoms with Crippen molar-refractivity contribution in [3.05, 3.63) is 54.5 Å². The average Bonchev–Trinajstić information content (AvgIpc) is 2.67. The number of aryl methyl sites for hydroxylation is 1. The van der Waals surface area contributed by atoms with Crippen molar-refractivity contribution in [1.29, 1.82) is 0 Å². The second-order valence-corrected chi connectivity index (χ2v) is 6.38. The number of piperazine rings is 1. The first-order chi connectivity index (χ1) is 12.3. The lowest BCUT2D eigenvalue weighted by molar-refractivity contribution is 0.252. The summed E-state index contributed by atoms with van der Waals surface area (Å²) in [6.07, 6.45) is 6.66. The minimum absolute atomic E-state index is 0.199. The number of aromatic nitrogens is 2. The van der Waals surface area contributed by atoms with Crippen LogP contribution in [-0.4, -0.2) is 52.7 Å². The predicted molar refractivity (Wildman–Crippen MR) is 102 cm³/mol. The van der Waals surface area contributed by atoms with Gasteiger partial charge in [-0.1, -0.05) is 12.6 Å². The van der Waals surface area contributed by atoms with Crippen LogP contribution in [0.1, 0.15) is 24.2 Å². The zero-order valence-corrected chi connectivity index (χ0v) is 14.6. The van der Waals surface area contributed by atoms with Crippen LogP contribution in [0.5, 0.6) is 5.75 Å². The zero-order chi connectivity index (χ0) is 17.5. The highest BCUT2D eigenvalue weighted by Crippen LogP contribution is 2.17. The Morgan fingerprint density at radius 3 is 2.64 bits per heavy atom. The Kier molecular flexibility index (Phi) is 6.01. The fraction of sp³-hybridized carbons (Fsp3) is 0.400. The maximum Gasteiger partial charge on any atom is 0.141 e. The molecule has 5 nitrogen and oxygen atoms in total. The molecule has 0 atom stereocenters. The quantitative estimate of drug-likeness (QED) is 0.787. The monoisotopic (exact) mass is 338 g/mol. The highest BCUT2D eigenvalue weighted by molar-refractivity contribution is 5.50. The fourth-order valence-electron chi connectivity index (χ4n) is 3.18. The molecule has 1 fully saturated rings. The molecule has 0 unspecified atom stereocenters. The van der Waals surface area contributed by atoms with Crippen molar-refractivity contribution in [2.75, 3.05) is 37.6 Å². The predicted octanol–water partition coefficient (Wildman–Crippen LogP) is 2.97. The van der Waals surface area contributed by atoms with Crippen LogP contribution in [0.15, 0.2) is 43.1 Å². The van der Waals surface area contributed by atoms with Crippen LogP contribution < -0.4 is 4.90 Å². The zero-order valence-electron chi connectivity index (χ0n) is 14.6. The van der Waals surface area contributed by atoms with E-state index in [1.165, 1.54) is 0 Å². The first kappa shape index (κ1) is 17.4. The first-order valence-electron chi connectivity index (χ1n) is 8.96. The molecule has 132 valence electrons. The molecule has 2 aromatic rings. The minimum atomic E-state index is 0.199. The van der Waals surface area contributed by atoms with Crippen LogP contribution in [0.25, 0.3) is 6.08 Å². The van der Waals surface area contributed by atoms with Crippen LogP contribution in [0, 0.1) is 0 Å². The standard InChI is InChI=1S/C20H26N4O/c1-2-18-19(25)10-9-17(22-18)7-4-6-12-23-13-15-24(16-14-23)20-8-3-5-11-21-20/h2-3,5,8-11,25H,1,4,6-7,12-16H2. The summed E-state index contributed by atoms with van der Waals surface area (Å²) < 4.78 is 0. The molecule has 0 amide bonds. The maximum atomic E-state index is 9.63. The van der Waals surface area contributed by atoms with E-state index >= 15 is 0 Å². The van der Waals surface area contributed by atoms with Gasteiger partial charge in [0.25, 0.3) is 0 Å². The maximum absolute atomic E-state index is 9.63. The summed E-state index contributed by atoms with van der Waals surface area (Å²) in [5.74, 6) is 1.28. The summed E-state index contributed by atoms with van der Waals surface area (Å²) in [7, 11) is 0. The smallest absolute Gasteiger partial charge is 0.141 e. The fourth-order valence-corrected chi connectivity index (χ4v) is 3.18. The molecule has 25 heavy (non-hydrogen) atoms. The van der Waals surface area contributed by atoms with Crippen molar-refractivity contribution in [2.24, 2.45) is 0 Å². The van der Waals surface area contributed by atoms with E-state index in [9.17, 15) is 5.11 Å². The van der Waals surface area contributed by atoms with Gasteiger partial charge < -0.3 is 10.0 Å². The number of pyridine rings is 2. The van der Waals surface area contributed by atoms with Gasteiger partial charge in [0.2, 0.25) is 0 Å². The molecule has 0 saturated carbocycles. The van der Waals surface area contributed by atoms with Crippen LogP contribution in [0.4, 0.5) is 5.82 Å². The molecule has 0 bridgehead atoms. The van der Waals surface area contributed by atoms with E-state index in [0.29, 0.717) is 5.69 Å². The van der Waals surface area contributed by atoms with Gasteiger partial charge in [0.15, 0.2) is 0 Å². The van der Waals surface area contributed by atoms with Gasteiger partial charge in [-0.25, -0.2) is 9.97 Å². The van der Waals surface area contributed by atoms with Crippen LogP contribution in [0.2, 0.25) is 0 Å². The van der Waals surface area contributed by atoms with E-state index in [1.807, 2.05) is 24.4 Å². The lowest BCUT2D eigenvalue weighted by Gasteiger charge is -2.35. The Bertz CT molecular complexity index is 681. The average molecular weight is 338 g/mol. The largest absolute Gasteiger partial charge is 0.506 e. The van der Waals surface area contributed by atoms with Crippen molar-refractivity contribution in [2.45, 2.75) is 19.3 Å². The van der Waals surface area contributed by atoms with Crippen LogP contribution in [-0.2, 0) is 6.42 Å². The first-order valence-corrected chi connectivity index (χ1v) is 8.96. The third-order valence-corrected chi connectivity index (χ3v) is 4.66. The lowest BCUT2D eigenvalue weighted by atomic mass is 10.1. The molecular formula is C20H26N4O. The van der Waals surface area contributed by atoms with E-state index < -0.39 is 0 Å². The van der Waals surface area contributed by atoms with Crippen LogP contribution >= 0.6 is 0 Å². The molecule has 1 aliphatic heterocycles. The SMILES string of the molecule is C=Cc1nc(CCCCN2CCN(c3ccccn3)CC2)ccc1O. The Morgan fingerprint density at radius 1 is 1.08 bits per heavy atom. The minimum Gasteiger partial charge on any atom is -0.506 e. The Hall–Kier alpha value is -2.40.